The van der Waals surface area contributed by atoms with Crippen molar-refractivity contribution in [2.75, 3.05) is 31.1 Å². The van der Waals surface area contributed by atoms with Crippen LogP contribution in [0.25, 0.3) is 0 Å². The van der Waals surface area contributed by atoms with Crippen LogP contribution in [-0.4, -0.2) is 47.0 Å². The molecule has 3 rings (SSSR count). The molecular formula is C16H24N4O2. The minimum absolute atomic E-state index is 0.105. The number of hydrogen-bond acceptors (Lipinski definition) is 5. The highest BCUT2D eigenvalue weighted by molar-refractivity contribution is 5.48. The van der Waals surface area contributed by atoms with Gasteiger partial charge in [-0.05, 0) is 58.2 Å². The van der Waals surface area contributed by atoms with Crippen LogP contribution in [0.3, 0.4) is 0 Å². The number of likely N-dealkylation sites (tertiary alicyclic amines) is 1. The van der Waals surface area contributed by atoms with Crippen LogP contribution in [0.2, 0.25) is 0 Å². The number of hydrogen-bond donors (Lipinski definition) is 0. The van der Waals surface area contributed by atoms with Crippen LogP contribution in [0.1, 0.15) is 37.7 Å². The summed E-state index contributed by atoms with van der Waals surface area (Å²) in [5.74, 6) is 0.880. The van der Waals surface area contributed by atoms with Crippen LogP contribution in [0.5, 0.6) is 0 Å². The van der Waals surface area contributed by atoms with Gasteiger partial charge in [0.05, 0.1) is 4.92 Å². The SMILES string of the molecule is Cc1cc(N2CCCC(N3CCCC3)CC2)ncc1[N+](=O)[O-]. The zero-order valence-corrected chi connectivity index (χ0v) is 13.2. The van der Waals surface area contributed by atoms with E-state index in [0.29, 0.717) is 11.6 Å². The molecule has 0 N–H and O–H groups in total. The van der Waals surface area contributed by atoms with Crippen molar-refractivity contribution in [3.05, 3.63) is 27.9 Å². The Balaban J connectivity index is 1.67. The van der Waals surface area contributed by atoms with Crippen molar-refractivity contribution in [1.82, 2.24) is 9.88 Å². The summed E-state index contributed by atoms with van der Waals surface area (Å²) in [6.07, 6.45) is 7.65. The van der Waals surface area contributed by atoms with Crippen LogP contribution in [0.15, 0.2) is 12.3 Å². The van der Waals surface area contributed by atoms with E-state index in [0.717, 1.165) is 25.3 Å². The average molecular weight is 304 g/mol. The molecule has 22 heavy (non-hydrogen) atoms. The lowest BCUT2D eigenvalue weighted by Crippen LogP contribution is -2.34. The number of nitrogens with zero attached hydrogens (tertiary/aromatic N) is 4. The lowest BCUT2D eigenvalue weighted by atomic mass is 10.1. The summed E-state index contributed by atoms with van der Waals surface area (Å²) in [6.45, 7) is 6.27. The maximum atomic E-state index is 10.9. The summed E-state index contributed by atoms with van der Waals surface area (Å²) in [4.78, 5) is 19.8. The summed E-state index contributed by atoms with van der Waals surface area (Å²) in [5, 5.41) is 10.9. The van der Waals surface area contributed by atoms with E-state index in [1.54, 1.807) is 6.92 Å². The number of rotatable bonds is 3. The molecule has 3 heterocycles. The molecule has 0 spiro atoms. The Hall–Kier alpha value is -1.69. The number of anilines is 1. The highest BCUT2D eigenvalue weighted by atomic mass is 16.6. The smallest absolute Gasteiger partial charge is 0.290 e. The van der Waals surface area contributed by atoms with Gasteiger partial charge in [0.25, 0.3) is 5.69 Å². The Kier molecular flexibility index (Phi) is 4.57. The first kappa shape index (κ1) is 15.2. The number of pyridine rings is 1. The largest absolute Gasteiger partial charge is 0.357 e. The molecule has 1 aromatic heterocycles. The molecule has 6 nitrogen and oxygen atoms in total. The molecule has 6 heteroatoms. The molecule has 2 saturated heterocycles. The molecule has 0 saturated carbocycles. The maximum Gasteiger partial charge on any atom is 0.290 e. The maximum absolute atomic E-state index is 10.9. The molecule has 1 unspecified atom stereocenters. The van der Waals surface area contributed by atoms with Gasteiger partial charge in [0.15, 0.2) is 0 Å². The van der Waals surface area contributed by atoms with Gasteiger partial charge in [-0.15, -0.1) is 0 Å². The Morgan fingerprint density at radius 2 is 1.95 bits per heavy atom. The third-order valence-corrected chi connectivity index (χ3v) is 4.94. The minimum atomic E-state index is -0.363. The van der Waals surface area contributed by atoms with Crippen LogP contribution < -0.4 is 4.90 Å². The van der Waals surface area contributed by atoms with E-state index in [1.165, 1.54) is 45.0 Å². The van der Waals surface area contributed by atoms with E-state index in [4.69, 9.17) is 0 Å². The first-order valence-electron chi connectivity index (χ1n) is 8.25. The predicted octanol–water partition coefficient (Wildman–Crippen LogP) is 2.75. The van der Waals surface area contributed by atoms with Crippen molar-refractivity contribution in [3.63, 3.8) is 0 Å². The normalized spacial score (nSPS) is 23.5. The van der Waals surface area contributed by atoms with Crippen LogP contribution >= 0.6 is 0 Å². The molecule has 1 atom stereocenters. The van der Waals surface area contributed by atoms with Crippen molar-refractivity contribution in [3.8, 4) is 0 Å². The van der Waals surface area contributed by atoms with Gasteiger partial charge in [-0.2, -0.15) is 0 Å². The zero-order chi connectivity index (χ0) is 15.5. The monoisotopic (exact) mass is 304 g/mol. The van der Waals surface area contributed by atoms with Crippen molar-refractivity contribution in [1.29, 1.82) is 0 Å². The Morgan fingerprint density at radius 1 is 1.18 bits per heavy atom. The first-order chi connectivity index (χ1) is 10.6. The van der Waals surface area contributed by atoms with E-state index >= 15 is 0 Å². The van der Waals surface area contributed by atoms with E-state index in [2.05, 4.69) is 14.8 Å². The average Bonchev–Trinajstić information content (AvgIpc) is 2.91. The van der Waals surface area contributed by atoms with Gasteiger partial charge in [-0.3, -0.25) is 10.1 Å². The van der Waals surface area contributed by atoms with Gasteiger partial charge in [0.1, 0.15) is 12.0 Å². The van der Waals surface area contributed by atoms with Gasteiger partial charge in [0, 0.05) is 24.7 Å². The van der Waals surface area contributed by atoms with Crippen LogP contribution in [-0.2, 0) is 0 Å². The first-order valence-corrected chi connectivity index (χ1v) is 8.25. The highest BCUT2D eigenvalue weighted by Crippen LogP contribution is 2.26. The third kappa shape index (κ3) is 3.21. The molecule has 2 fully saturated rings. The highest BCUT2D eigenvalue weighted by Gasteiger charge is 2.25. The summed E-state index contributed by atoms with van der Waals surface area (Å²) in [6, 6.07) is 2.56. The fourth-order valence-corrected chi connectivity index (χ4v) is 3.68. The molecule has 0 bridgehead atoms. The summed E-state index contributed by atoms with van der Waals surface area (Å²) in [7, 11) is 0. The van der Waals surface area contributed by atoms with Crippen molar-refractivity contribution >= 4 is 11.5 Å². The predicted molar refractivity (Wildman–Crippen MR) is 86.3 cm³/mol. The second-order valence-corrected chi connectivity index (χ2v) is 6.40. The number of nitro groups is 1. The van der Waals surface area contributed by atoms with Crippen molar-refractivity contribution < 1.29 is 4.92 Å². The summed E-state index contributed by atoms with van der Waals surface area (Å²) < 4.78 is 0. The molecule has 1 aromatic rings. The van der Waals surface area contributed by atoms with E-state index < -0.39 is 0 Å². The van der Waals surface area contributed by atoms with Gasteiger partial charge in [0.2, 0.25) is 0 Å². The summed E-state index contributed by atoms with van der Waals surface area (Å²) >= 11 is 0. The minimum Gasteiger partial charge on any atom is -0.357 e. The molecule has 0 aromatic carbocycles. The Labute approximate surface area is 131 Å². The van der Waals surface area contributed by atoms with Gasteiger partial charge < -0.3 is 9.80 Å². The number of aromatic nitrogens is 1. The molecule has 0 amide bonds. The molecular weight excluding hydrogens is 280 g/mol. The van der Waals surface area contributed by atoms with Crippen LogP contribution in [0, 0.1) is 17.0 Å². The lowest BCUT2D eigenvalue weighted by Gasteiger charge is -2.26. The second kappa shape index (κ2) is 6.60. The standard InChI is InChI=1S/C16H24N4O2/c1-13-11-16(17-12-15(13)20(21)22)19-9-4-5-14(6-10-19)18-7-2-3-8-18/h11-12,14H,2-10H2,1H3. The Morgan fingerprint density at radius 3 is 2.64 bits per heavy atom. The van der Waals surface area contributed by atoms with E-state index in [9.17, 15) is 10.1 Å². The topological polar surface area (TPSA) is 62.5 Å². The molecule has 0 radical (unpaired) electrons. The molecule has 2 aliphatic heterocycles. The van der Waals surface area contributed by atoms with E-state index in [1.807, 2.05) is 6.07 Å². The van der Waals surface area contributed by atoms with Crippen molar-refractivity contribution in [2.24, 2.45) is 0 Å². The Bertz CT molecular complexity index is 543. The zero-order valence-electron chi connectivity index (χ0n) is 13.2. The summed E-state index contributed by atoms with van der Waals surface area (Å²) in [5.41, 5.74) is 0.795. The van der Waals surface area contributed by atoms with Crippen molar-refractivity contribution in [2.45, 2.75) is 45.1 Å². The lowest BCUT2D eigenvalue weighted by molar-refractivity contribution is -0.385. The van der Waals surface area contributed by atoms with Gasteiger partial charge in [-0.25, -0.2) is 4.98 Å². The fraction of sp³-hybridized carbons (Fsp3) is 0.688. The fourth-order valence-electron chi connectivity index (χ4n) is 3.68. The molecule has 120 valence electrons. The number of aryl methyl sites for hydroxylation is 1. The van der Waals surface area contributed by atoms with E-state index in [-0.39, 0.29) is 10.6 Å². The third-order valence-electron chi connectivity index (χ3n) is 4.94. The van der Waals surface area contributed by atoms with Gasteiger partial charge in [-0.1, -0.05) is 0 Å². The van der Waals surface area contributed by atoms with Crippen LogP contribution in [0.4, 0.5) is 11.5 Å². The molecule has 0 aliphatic carbocycles. The second-order valence-electron chi connectivity index (χ2n) is 6.40. The quantitative estimate of drug-likeness (QED) is 0.634. The van der Waals surface area contributed by atoms with Gasteiger partial charge >= 0.3 is 0 Å². The molecule has 2 aliphatic rings.